The van der Waals surface area contributed by atoms with Crippen LogP contribution in [0, 0.1) is 0 Å². The minimum Gasteiger partial charge on any atom is -0.369 e. The van der Waals surface area contributed by atoms with Gasteiger partial charge in [0, 0.05) is 64.8 Å². The zero-order valence-corrected chi connectivity index (χ0v) is 25.6. The fourth-order valence-electron chi connectivity index (χ4n) is 7.58. The Bertz CT molecular complexity index is 1780. The maximum atomic E-state index is 14.3. The quantitative estimate of drug-likeness (QED) is 0.279. The molecule has 220 valence electrons. The van der Waals surface area contributed by atoms with Crippen LogP contribution in [0.15, 0.2) is 76.1 Å². The number of aromatic nitrogens is 3. The predicted octanol–water partition coefficient (Wildman–Crippen LogP) is 6.67. The van der Waals surface area contributed by atoms with E-state index in [4.69, 9.17) is 9.97 Å². The molecule has 2 atom stereocenters. The van der Waals surface area contributed by atoms with Crippen LogP contribution in [-0.4, -0.2) is 57.4 Å². The SMILES string of the molecule is CC1=C(c2cc3cnc(Nc4ccc(N5CCN6CCCC6C5)cc4)nc3n(C3CSc4ccccc4C3)c2=O)CCC1. The molecule has 2 saturated heterocycles. The molecular formula is C35H38N6OS. The molecule has 0 bridgehead atoms. The zero-order chi connectivity index (χ0) is 28.9. The Morgan fingerprint density at radius 2 is 1.86 bits per heavy atom. The molecule has 3 aliphatic heterocycles. The topological polar surface area (TPSA) is 66.3 Å². The fourth-order valence-corrected chi connectivity index (χ4v) is 8.73. The lowest BCUT2D eigenvalue weighted by atomic mass is 10.0. The Balaban J connectivity index is 1.12. The smallest absolute Gasteiger partial charge is 0.260 e. The predicted molar refractivity (Wildman–Crippen MR) is 177 cm³/mol. The van der Waals surface area contributed by atoms with Crippen LogP contribution < -0.4 is 15.8 Å². The summed E-state index contributed by atoms with van der Waals surface area (Å²) in [7, 11) is 0. The highest BCUT2D eigenvalue weighted by Gasteiger charge is 2.31. The van der Waals surface area contributed by atoms with Crippen molar-refractivity contribution in [3.8, 4) is 0 Å². The molecule has 0 radical (unpaired) electrons. The molecule has 2 aromatic heterocycles. The van der Waals surface area contributed by atoms with Crippen LogP contribution >= 0.6 is 11.8 Å². The number of nitrogens with one attached hydrogen (secondary N) is 1. The Labute approximate surface area is 257 Å². The maximum Gasteiger partial charge on any atom is 0.260 e. The average molecular weight is 591 g/mol. The van der Waals surface area contributed by atoms with Gasteiger partial charge in [-0.2, -0.15) is 4.98 Å². The fraction of sp³-hybridized carbons (Fsp3) is 0.400. The molecule has 43 heavy (non-hydrogen) atoms. The van der Waals surface area contributed by atoms with Crippen LogP contribution in [0.1, 0.15) is 56.2 Å². The van der Waals surface area contributed by atoms with Crippen molar-refractivity contribution in [2.24, 2.45) is 0 Å². The molecule has 7 nitrogen and oxygen atoms in total. The first kappa shape index (κ1) is 27.0. The summed E-state index contributed by atoms with van der Waals surface area (Å²) in [5, 5.41) is 4.34. The van der Waals surface area contributed by atoms with Crippen molar-refractivity contribution in [2.45, 2.75) is 62.4 Å². The largest absolute Gasteiger partial charge is 0.369 e. The highest BCUT2D eigenvalue weighted by Crippen LogP contribution is 2.37. The second kappa shape index (κ2) is 11.1. The van der Waals surface area contributed by atoms with Crippen molar-refractivity contribution in [1.29, 1.82) is 0 Å². The second-order valence-electron chi connectivity index (χ2n) is 12.5. The molecule has 2 aromatic carbocycles. The van der Waals surface area contributed by atoms with E-state index in [9.17, 15) is 4.79 Å². The molecule has 2 fully saturated rings. The normalized spacial score (nSPS) is 22.2. The number of nitrogens with zero attached hydrogens (tertiary/aromatic N) is 5. The molecule has 4 aromatic rings. The summed E-state index contributed by atoms with van der Waals surface area (Å²) < 4.78 is 1.98. The zero-order valence-electron chi connectivity index (χ0n) is 24.8. The maximum absolute atomic E-state index is 14.3. The number of piperazine rings is 1. The summed E-state index contributed by atoms with van der Waals surface area (Å²) in [6.07, 6.45) is 8.48. The highest BCUT2D eigenvalue weighted by molar-refractivity contribution is 7.99. The molecule has 0 amide bonds. The summed E-state index contributed by atoms with van der Waals surface area (Å²) in [4.78, 5) is 30.5. The number of hydrogen-bond donors (Lipinski definition) is 1. The van der Waals surface area contributed by atoms with E-state index in [2.05, 4.69) is 70.6 Å². The Hall–Kier alpha value is -3.62. The third-order valence-corrected chi connectivity index (χ3v) is 11.2. The van der Waals surface area contributed by atoms with E-state index in [1.165, 1.54) is 46.7 Å². The minimum absolute atomic E-state index is 0.0273. The number of anilines is 3. The van der Waals surface area contributed by atoms with Gasteiger partial charge < -0.3 is 10.2 Å². The summed E-state index contributed by atoms with van der Waals surface area (Å²) in [5.41, 5.74) is 7.66. The van der Waals surface area contributed by atoms with Crippen LogP contribution in [0.5, 0.6) is 0 Å². The van der Waals surface area contributed by atoms with Crippen LogP contribution in [0.4, 0.5) is 17.3 Å². The first-order valence-electron chi connectivity index (χ1n) is 15.8. The summed E-state index contributed by atoms with van der Waals surface area (Å²) in [6, 6.07) is 19.9. The van der Waals surface area contributed by atoms with E-state index < -0.39 is 0 Å². The lowest BCUT2D eigenvalue weighted by Gasteiger charge is -2.38. The van der Waals surface area contributed by atoms with Gasteiger partial charge in [-0.3, -0.25) is 14.3 Å². The monoisotopic (exact) mass is 590 g/mol. The summed E-state index contributed by atoms with van der Waals surface area (Å²) in [5.74, 6) is 1.36. The van der Waals surface area contributed by atoms with Gasteiger partial charge in [0.15, 0.2) is 0 Å². The third kappa shape index (κ3) is 5.04. The molecule has 1 N–H and O–H groups in total. The van der Waals surface area contributed by atoms with Crippen LogP contribution in [-0.2, 0) is 6.42 Å². The number of allylic oxidation sites excluding steroid dienone is 2. The first-order chi connectivity index (χ1) is 21.1. The van der Waals surface area contributed by atoms with E-state index in [-0.39, 0.29) is 11.6 Å². The number of thioether (sulfide) groups is 1. The molecule has 0 saturated carbocycles. The number of fused-ring (bicyclic) bond motifs is 3. The van der Waals surface area contributed by atoms with E-state index >= 15 is 0 Å². The standard InChI is InChI=1S/C35H38N6OS/c1-23-6-4-9-30(23)31-19-25-20-36-35(37-26-11-13-27(14-12-26)40-17-16-39-15-5-8-28(39)21-40)38-33(25)41(34(31)42)29-18-24-7-2-3-10-32(24)43-22-29/h2-3,7,10-14,19-20,28-29H,4-6,8-9,15-18,21-22H2,1H3,(H,36,37,38). The highest BCUT2D eigenvalue weighted by atomic mass is 32.2. The van der Waals surface area contributed by atoms with Gasteiger partial charge in [-0.15, -0.1) is 11.8 Å². The van der Waals surface area contributed by atoms with Crippen LogP contribution in [0.25, 0.3) is 16.6 Å². The lowest BCUT2D eigenvalue weighted by molar-refractivity contribution is 0.231. The summed E-state index contributed by atoms with van der Waals surface area (Å²) in [6.45, 7) is 6.78. The van der Waals surface area contributed by atoms with Gasteiger partial charge in [0.1, 0.15) is 5.65 Å². The van der Waals surface area contributed by atoms with Gasteiger partial charge in [0.05, 0.1) is 6.04 Å². The molecule has 8 heteroatoms. The van der Waals surface area contributed by atoms with E-state index in [0.717, 1.165) is 67.7 Å². The van der Waals surface area contributed by atoms with Crippen LogP contribution in [0.3, 0.4) is 0 Å². The van der Waals surface area contributed by atoms with Crippen molar-refractivity contribution >= 4 is 45.7 Å². The molecule has 1 aliphatic carbocycles. The molecule has 5 heterocycles. The van der Waals surface area contributed by atoms with E-state index in [1.54, 1.807) is 0 Å². The van der Waals surface area contributed by atoms with E-state index in [0.29, 0.717) is 17.6 Å². The van der Waals surface area contributed by atoms with Crippen molar-refractivity contribution in [2.75, 3.05) is 42.1 Å². The molecular weight excluding hydrogens is 552 g/mol. The number of benzene rings is 2. The van der Waals surface area contributed by atoms with Gasteiger partial charge in [-0.1, -0.05) is 23.8 Å². The van der Waals surface area contributed by atoms with Crippen molar-refractivity contribution in [1.82, 2.24) is 19.4 Å². The Kier molecular flexibility index (Phi) is 6.99. The summed E-state index contributed by atoms with van der Waals surface area (Å²) >= 11 is 1.84. The van der Waals surface area contributed by atoms with Gasteiger partial charge >= 0.3 is 0 Å². The van der Waals surface area contributed by atoms with Crippen LogP contribution in [0.2, 0.25) is 0 Å². The van der Waals surface area contributed by atoms with E-state index in [1.807, 2.05) is 28.6 Å². The van der Waals surface area contributed by atoms with Gasteiger partial charge in [0.25, 0.3) is 5.56 Å². The van der Waals surface area contributed by atoms with Gasteiger partial charge in [-0.25, -0.2) is 4.98 Å². The molecule has 8 rings (SSSR count). The average Bonchev–Trinajstić information content (AvgIpc) is 3.69. The lowest BCUT2D eigenvalue weighted by Crippen LogP contribution is -2.50. The van der Waals surface area contributed by atoms with Crippen molar-refractivity contribution in [3.63, 3.8) is 0 Å². The Morgan fingerprint density at radius 1 is 0.977 bits per heavy atom. The molecule has 2 unspecified atom stereocenters. The molecule has 4 aliphatic rings. The first-order valence-corrected chi connectivity index (χ1v) is 16.8. The number of hydrogen-bond acceptors (Lipinski definition) is 7. The third-order valence-electron chi connectivity index (χ3n) is 9.89. The number of rotatable bonds is 5. The van der Waals surface area contributed by atoms with Crippen molar-refractivity contribution < 1.29 is 0 Å². The Morgan fingerprint density at radius 3 is 2.72 bits per heavy atom. The number of pyridine rings is 1. The minimum atomic E-state index is 0.0273. The van der Waals surface area contributed by atoms with Crippen molar-refractivity contribution in [3.05, 3.63) is 87.8 Å². The second-order valence-corrected chi connectivity index (χ2v) is 13.6. The van der Waals surface area contributed by atoms with Gasteiger partial charge in [-0.05, 0) is 99.5 Å². The van der Waals surface area contributed by atoms with Gasteiger partial charge in [0.2, 0.25) is 5.95 Å². The molecule has 0 spiro atoms.